The summed E-state index contributed by atoms with van der Waals surface area (Å²) in [7, 11) is 1.30. The molecule has 3 amide bonds. The molecular formula is C34H31Cl2N3O5S. The number of amides is 3. The molecule has 2 heterocycles. The lowest BCUT2D eigenvalue weighted by atomic mass is 9.94. The van der Waals surface area contributed by atoms with E-state index in [9.17, 15) is 19.2 Å². The number of piperidine rings is 1. The second kappa shape index (κ2) is 14.7. The fourth-order valence-electron chi connectivity index (χ4n) is 5.20. The first-order valence-corrected chi connectivity index (χ1v) is 16.0. The van der Waals surface area contributed by atoms with E-state index < -0.39 is 12.0 Å². The van der Waals surface area contributed by atoms with E-state index in [-0.39, 0.29) is 30.1 Å². The van der Waals surface area contributed by atoms with Crippen molar-refractivity contribution >= 4 is 80.1 Å². The van der Waals surface area contributed by atoms with Crippen molar-refractivity contribution in [2.24, 2.45) is 5.92 Å². The van der Waals surface area contributed by atoms with Gasteiger partial charge in [0.05, 0.1) is 34.3 Å². The summed E-state index contributed by atoms with van der Waals surface area (Å²) in [6.45, 7) is 0.827. The summed E-state index contributed by atoms with van der Waals surface area (Å²) in [5, 5.41) is 9.62. The lowest BCUT2D eigenvalue weighted by Gasteiger charge is -2.31. The normalized spacial score (nSPS) is 14.3. The third-order valence-corrected chi connectivity index (χ3v) is 9.70. The number of carbonyl (C=O) groups excluding carboxylic acids is 4. The average molecular weight is 665 g/mol. The number of nitrogens with zero attached hydrogens (tertiary/aromatic N) is 1. The molecule has 11 heteroatoms. The number of rotatable bonds is 9. The van der Waals surface area contributed by atoms with E-state index in [4.69, 9.17) is 27.9 Å². The van der Waals surface area contributed by atoms with Crippen LogP contribution in [0.4, 0.5) is 5.69 Å². The highest BCUT2D eigenvalue weighted by Gasteiger charge is 2.29. The number of esters is 1. The fraction of sp³-hybridized carbons (Fsp3) is 0.235. The molecule has 1 atom stereocenters. The summed E-state index contributed by atoms with van der Waals surface area (Å²) >= 11 is 14.4. The summed E-state index contributed by atoms with van der Waals surface area (Å²) < 4.78 is 5.77. The van der Waals surface area contributed by atoms with Crippen molar-refractivity contribution in [3.05, 3.63) is 105 Å². The third kappa shape index (κ3) is 7.92. The number of likely N-dealkylation sites (tertiary alicyclic amines) is 1. The Morgan fingerprint density at radius 2 is 1.71 bits per heavy atom. The van der Waals surface area contributed by atoms with E-state index in [0.717, 1.165) is 10.1 Å². The molecule has 4 aromatic rings. The average Bonchev–Trinajstić information content (AvgIpc) is 3.55. The first kappa shape index (κ1) is 32.2. The molecule has 0 bridgehead atoms. The molecule has 5 rings (SSSR count). The summed E-state index contributed by atoms with van der Waals surface area (Å²) in [5.41, 5.74) is 2.48. The molecule has 232 valence electrons. The predicted molar refractivity (Wildman–Crippen MR) is 179 cm³/mol. The maximum Gasteiger partial charge on any atom is 0.307 e. The monoisotopic (exact) mass is 663 g/mol. The Kier molecular flexibility index (Phi) is 10.5. The minimum atomic E-state index is -0.622. The van der Waals surface area contributed by atoms with Crippen LogP contribution >= 0.6 is 34.5 Å². The number of nitrogens with one attached hydrogen (secondary N) is 2. The zero-order valence-electron chi connectivity index (χ0n) is 24.4. The summed E-state index contributed by atoms with van der Waals surface area (Å²) in [4.78, 5) is 52.6. The molecule has 2 N–H and O–H groups in total. The van der Waals surface area contributed by atoms with Gasteiger partial charge in [-0.05, 0) is 77.2 Å². The van der Waals surface area contributed by atoms with Gasteiger partial charge in [-0.2, -0.15) is 0 Å². The molecule has 1 aromatic heterocycles. The van der Waals surface area contributed by atoms with Crippen LogP contribution in [0, 0.1) is 5.92 Å². The molecule has 3 aromatic carbocycles. The highest BCUT2D eigenvalue weighted by molar-refractivity contribution is 7.18. The van der Waals surface area contributed by atoms with Crippen molar-refractivity contribution in [1.82, 2.24) is 10.2 Å². The van der Waals surface area contributed by atoms with Gasteiger partial charge in [-0.1, -0.05) is 53.5 Å². The number of fused-ring (bicyclic) bond motifs is 1. The van der Waals surface area contributed by atoms with Crippen LogP contribution in [0.25, 0.3) is 16.2 Å². The number of thiophene rings is 1. The zero-order valence-corrected chi connectivity index (χ0v) is 26.8. The van der Waals surface area contributed by atoms with Crippen molar-refractivity contribution in [1.29, 1.82) is 0 Å². The zero-order chi connectivity index (χ0) is 31.9. The number of halogens is 2. The first-order chi connectivity index (χ1) is 21.7. The van der Waals surface area contributed by atoms with Crippen LogP contribution in [0.15, 0.2) is 78.2 Å². The summed E-state index contributed by atoms with van der Waals surface area (Å²) in [5.74, 6) is -1.39. The van der Waals surface area contributed by atoms with Gasteiger partial charge in [0.25, 0.3) is 5.91 Å². The number of carbonyl (C=O) groups is 4. The highest BCUT2D eigenvalue weighted by atomic mass is 35.5. The molecular weight excluding hydrogens is 633 g/mol. The quantitative estimate of drug-likeness (QED) is 0.146. The maximum atomic E-state index is 13.3. The molecule has 1 unspecified atom stereocenters. The summed E-state index contributed by atoms with van der Waals surface area (Å²) in [6, 6.07) is 19.1. The van der Waals surface area contributed by atoms with Crippen LogP contribution < -0.4 is 10.6 Å². The SMILES string of the molecule is COC(=O)CC(NC(=O)C1CCN(C(=O)C=Cc2cc3ccsc3c(Cl)c2Cl)CC1)c1ccc(NC(=O)c2ccccc2)cc1. The molecule has 45 heavy (non-hydrogen) atoms. The van der Waals surface area contributed by atoms with Crippen LogP contribution in [0.2, 0.25) is 10.0 Å². The number of hydrogen-bond donors (Lipinski definition) is 2. The van der Waals surface area contributed by atoms with E-state index >= 15 is 0 Å². The van der Waals surface area contributed by atoms with Gasteiger partial charge in [-0.3, -0.25) is 19.2 Å². The number of anilines is 1. The van der Waals surface area contributed by atoms with Crippen molar-refractivity contribution in [2.75, 3.05) is 25.5 Å². The standard InChI is InChI=1S/C34H31Cl2N3O5S/c1-44-29(41)20-27(21-7-10-26(11-8-21)37-33(42)22-5-3-2-4-6-22)38-34(43)23-13-16-39(17-14-23)28(40)12-9-24-19-25-15-18-45-32(25)31(36)30(24)35/h2-12,15,18-19,23,27H,13-14,16-17,20H2,1H3,(H,37,42)(H,38,43). The van der Waals surface area contributed by atoms with Gasteiger partial charge < -0.3 is 20.3 Å². The Bertz CT molecular complexity index is 1730. The van der Waals surface area contributed by atoms with E-state index in [2.05, 4.69) is 10.6 Å². The molecule has 0 aliphatic carbocycles. The van der Waals surface area contributed by atoms with Gasteiger partial charge in [0, 0.05) is 36.3 Å². The largest absolute Gasteiger partial charge is 0.469 e. The number of methoxy groups -OCH3 is 1. The number of hydrogen-bond acceptors (Lipinski definition) is 6. The molecule has 1 aliphatic heterocycles. The molecule has 0 radical (unpaired) electrons. The predicted octanol–water partition coefficient (Wildman–Crippen LogP) is 7.13. The number of ether oxygens (including phenoxy) is 1. The van der Waals surface area contributed by atoms with Crippen molar-refractivity contribution in [2.45, 2.75) is 25.3 Å². The lowest BCUT2D eigenvalue weighted by molar-refractivity contribution is -0.141. The van der Waals surface area contributed by atoms with Gasteiger partial charge in [0.15, 0.2) is 0 Å². The molecule has 1 saturated heterocycles. The lowest BCUT2D eigenvalue weighted by Crippen LogP contribution is -2.43. The first-order valence-electron chi connectivity index (χ1n) is 14.4. The minimum absolute atomic E-state index is 0.0518. The van der Waals surface area contributed by atoms with E-state index in [1.54, 1.807) is 59.5 Å². The highest BCUT2D eigenvalue weighted by Crippen LogP contribution is 2.37. The second-order valence-corrected chi connectivity index (χ2v) is 12.3. The second-order valence-electron chi connectivity index (χ2n) is 10.6. The van der Waals surface area contributed by atoms with E-state index in [1.807, 2.05) is 23.6 Å². The number of benzene rings is 3. The third-order valence-electron chi connectivity index (χ3n) is 7.76. The van der Waals surface area contributed by atoms with Crippen LogP contribution in [0.5, 0.6) is 0 Å². The van der Waals surface area contributed by atoms with Gasteiger partial charge in [0.2, 0.25) is 11.8 Å². The molecule has 8 nitrogen and oxygen atoms in total. The van der Waals surface area contributed by atoms with Gasteiger partial charge in [-0.25, -0.2) is 0 Å². The molecule has 0 saturated carbocycles. The molecule has 0 spiro atoms. The van der Waals surface area contributed by atoms with Gasteiger partial charge in [-0.15, -0.1) is 11.3 Å². The van der Waals surface area contributed by atoms with Crippen molar-refractivity contribution < 1.29 is 23.9 Å². The summed E-state index contributed by atoms with van der Waals surface area (Å²) in [6.07, 6.45) is 4.06. The van der Waals surface area contributed by atoms with E-state index in [0.29, 0.717) is 58.4 Å². The smallest absolute Gasteiger partial charge is 0.307 e. The van der Waals surface area contributed by atoms with Crippen LogP contribution in [-0.2, 0) is 19.1 Å². The van der Waals surface area contributed by atoms with Gasteiger partial charge in [0.1, 0.15) is 0 Å². The van der Waals surface area contributed by atoms with E-state index in [1.165, 1.54) is 24.5 Å². The Morgan fingerprint density at radius 3 is 2.40 bits per heavy atom. The van der Waals surface area contributed by atoms with Gasteiger partial charge >= 0.3 is 5.97 Å². The molecule has 1 fully saturated rings. The minimum Gasteiger partial charge on any atom is -0.469 e. The maximum absolute atomic E-state index is 13.3. The Labute approximate surface area is 275 Å². The van der Waals surface area contributed by atoms with Crippen molar-refractivity contribution in [3.8, 4) is 0 Å². The Hall–Kier alpha value is -4.18. The Balaban J connectivity index is 1.18. The van der Waals surface area contributed by atoms with Crippen LogP contribution in [-0.4, -0.2) is 48.8 Å². The topological polar surface area (TPSA) is 105 Å². The Morgan fingerprint density at radius 1 is 1.00 bits per heavy atom. The van der Waals surface area contributed by atoms with Crippen LogP contribution in [0.1, 0.15) is 46.8 Å². The molecule has 1 aliphatic rings. The fourth-order valence-corrected chi connectivity index (χ4v) is 6.64. The van der Waals surface area contributed by atoms with Crippen LogP contribution in [0.3, 0.4) is 0 Å². The van der Waals surface area contributed by atoms with Crippen molar-refractivity contribution in [3.63, 3.8) is 0 Å².